The second-order valence-corrected chi connectivity index (χ2v) is 6.77. The Morgan fingerprint density at radius 3 is 2.74 bits per heavy atom. The van der Waals surface area contributed by atoms with Gasteiger partial charge in [-0.3, -0.25) is 0 Å². The first-order valence-electron chi connectivity index (χ1n) is 9.57. The normalized spacial score (nSPS) is 13.6. The summed E-state index contributed by atoms with van der Waals surface area (Å²) in [5.41, 5.74) is 4.29. The van der Waals surface area contributed by atoms with Crippen molar-refractivity contribution in [2.45, 2.75) is 32.6 Å². The molecule has 0 unspecified atom stereocenters. The number of nitrogens with one attached hydrogen (secondary N) is 1. The molecule has 0 spiro atoms. The van der Waals surface area contributed by atoms with E-state index in [1.165, 1.54) is 17.7 Å². The largest absolute Gasteiger partial charge is 0.492 e. The average Bonchev–Trinajstić information content (AvgIpc) is 2.85. The molecule has 1 aromatic heterocycles. The molecule has 0 saturated carbocycles. The maximum atomic E-state index is 13.3. The fourth-order valence-electron chi connectivity index (χ4n) is 3.60. The van der Waals surface area contributed by atoms with Crippen LogP contribution in [0.2, 0.25) is 0 Å². The number of aromatic nitrogens is 2. The van der Waals surface area contributed by atoms with Crippen LogP contribution in [0.25, 0.3) is 5.69 Å². The molecule has 0 bridgehead atoms. The van der Waals surface area contributed by atoms with Crippen LogP contribution in [0.15, 0.2) is 48.5 Å². The maximum Gasteiger partial charge on any atom is 0.145 e. The highest BCUT2D eigenvalue weighted by atomic mass is 19.1. The van der Waals surface area contributed by atoms with Gasteiger partial charge in [0.1, 0.15) is 23.1 Å². The van der Waals surface area contributed by atoms with Crippen LogP contribution in [0, 0.1) is 5.82 Å². The van der Waals surface area contributed by atoms with Gasteiger partial charge in [0.15, 0.2) is 0 Å². The maximum absolute atomic E-state index is 13.3. The average molecular weight is 365 g/mol. The highest BCUT2D eigenvalue weighted by Gasteiger charge is 2.22. The summed E-state index contributed by atoms with van der Waals surface area (Å²) in [5, 5.41) is 8.51. The lowest BCUT2D eigenvalue weighted by atomic mass is 10.0. The van der Waals surface area contributed by atoms with E-state index in [1.807, 2.05) is 48.0 Å². The quantitative estimate of drug-likeness (QED) is 0.709. The highest BCUT2D eigenvalue weighted by Crippen LogP contribution is 2.32. The Balaban J connectivity index is 1.78. The molecule has 2 aromatic carbocycles. The van der Waals surface area contributed by atoms with Gasteiger partial charge in [-0.05, 0) is 56.0 Å². The first-order chi connectivity index (χ1) is 13.3. The molecule has 0 aliphatic carbocycles. The van der Waals surface area contributed by atoms with Crippen LogP contribution < -0.4 is 10.1 Å². The van der Waals surface area contributed by atoms with Crippen LogP contribution in [-0.2, 0) is 12.8 Å². The molecule has 1 aliphatic rings. The Kier molecular flexibility index (Phi) is 5.10. The van der Waals surface area contributed by atoms with Gasteiger partial charge in [-0.15, -0.1) is 0 Å². The van der Waals surface area contributed by atoms with E-state index in [-0.39, 0.29) is 5.82 Å². The predicted octanol–water partition coefficient (Wildman–Crippen LogP) is 4.75. The minimum atomic E-state index is -0.213. The van der Waals surface area contributed by atoms with E-state index in [9.17, 15) is 4.39 Å². The molecule has 0 radical (unpaired) electrons. The SMILES string of the molecule is CCOc1ccccc1-n1nc(Cc2ccc(F)cc2)c2c1NCCCC2. The van der Waals surface area contributed by atoms with Crippen molar-refractivity contribution < 1.29 is 9.13 Å². The molecule has 1 aliphatic heterocycles. The van der Waals surface area contributed by atoms with Crippen molar-refractivity contribution in [1.82, 2.24) is 9.78 Å². The predicted molar refractivity (Wildman–Crippen MR) is 105 cm³/mol. The van der Waals surface area contributed by atoms with E-state index < -0.39 is 0 Å². The Bertz CT molecular complexity index is 918. The Labute approximate surface area is 159 Å². The van der Waals surface area contributed by atoms with E-state index in [1.54, 1.807) is 0 Å². The molecule has 140 valence electrons. The van der Waals surface area contributed by atoms with Gasteiger partial charge in [0.25, 0.3) is 0 Å². The van der Waals surface area contributed by atoms with Gasteiger partial charge in [0, 0.05) is 18.5 Å². The molecule has 2 heterocycles. The standard InChI is InChI=1S/C22H24FN3O/c1-2-27-21-9-4-3-8-20(21)26-22-18(7-5-6-14-24-22)19(25-26)15-16-10-12-17(23)13-11-16/h3-4,8-13,24H,2,5-7,14-15H2,1H3. The van der Waals surface area contributed by atoms with Crippen molar-refractivity contribution in [3.8, 4) is 11.4 Å². The van der Waals surface area contributed by atoms with Crippen molar-refractivity contribution in [3.63, 3.8) is 0 Å². The molecule has 0 saturated heterocycles. The van der Waals surface area contributed by atoms with Crippen molar-refractivity contribution in [1.29, 1.82) is 0 Å². The summed E-state index contributed by atoms with van der Waals surface area (Å²) < 4.78 is 21.1. The Morgan fingerprint density at radius 2 is 1.93 bits per heavy atom. The number of benzene rings is 2. The van der Waals surface area contributed by atoms with Gasteiger partial charge < -0.3 is 10.1 Å². The lowest BCUT2D eigenvalue weighted by Gasteiger charge is -2.13. The third-order valence-corrected chi connectivity index (χ3v) is 4.89. The zero-order chi connectivity index (χ0) is 18.6. The molecular weight excluding hydrogens is 341 g/mol. The smallest absolute Gasteiger partial charge is 0.145 e. The third kappa shape index (κ3) is 3.68. The molecule has 0 amide bonds. The summed E-state index contributed by atoms with van der Waals surface area (Å²) in [6.45, 7) is 3.53. The molecule has 0 fully saturated rings. The molecule has 3 aromatic rings. The highest BCUT2D eigenvalue weighted by molar-refractivity contribution is 5.58. The van der Waals surface area contributed by atoms with Gasteiger partial charge in [-0.2, -0.15) is 5.10 Å². The first kappa shape index (κ1) is 17.6. The van der Waals surface area contributed by atoms with Crippen molar-refractivity contribution in [2.24, 2.45) is 0 Å². The summed E-state index contributed by atoms with van der Waals surface area (Å²) >= 11 is 0. The lowest BCUT2D eigenvalue weighted by molar-refractivity contribution is 0.338. The van der Waals surface area contributed by atoms with Crippen LogP contribution >= 0.6 is 0 Å². The molecule has 4 nitrogen and oxygen atoms in total. The Morgan fingerprint density at radius 1 is 1.11 bits per heavy atom. The summed E-state index contributed by atoms with van der Waals surface area (Å²) in [6.07, 6.45) is 3.96. The van der Waals surface area contributed by atoms with E-state index in [0.29, 0.717) is 13.0 Å². The molecule has 1 N–H and O–H groups in total. The second-order valence-electron chi connectivity index (χ2n) is 6.77. The van der Waals surface area contributed by atoms with Gasteiger partial charge in [-0.1, -0.05) is 24.3 Å². The number of para-hydroxylation sites is 2. The van der Waals surface area contributed by atoms with Gasteiger partial charge >= 0.3 is 0 Å². The van der Waals surface area contributed by atoms with Crippen LogP contribution in [0.1, 0.15) is 36.6 Å². The monoisotopic (exact) mass is 365 g/mol. The molecule has 4 rings (SSSR count). The number of hydrogen-bond acceptors (Lipinski definition) is 3. The van der Waals surface area contributed by atoms with Crippen molar-refractivity contribution in [2.75, 3.05) is 18.5 Å². The van der Waals surface area contributed by atoms with E-state index >= 15 is 0 Å². The number of hydrogen-bond donors (Lipinski definition) is 1. The van der Waals surface area contributed by atoms with Crippen molar-refractivity contribution >= 4 is 5.82 Å². The molecular formula is C22H24FN3O. The second kappa shape index (κ2) is 7.82. The van der Waals surface area contributed by atoms with Gasteiger partial charge in [0.2, 0.25) is 0 Å². The molecule has 0 atom stereocenters. The fourth-order valence-corrected chi connectivity index (χ4v) is 3.60. The van der Waals surface area contributed by atoms with E-state index in [4.69, 9.17) is 9.84 Å². The summed E-state index contributed by atoms with van der Waals surface area (Å²) in [7, 11) is 0. The van der Waals surface area contributed by atoms with E-state index in [0.717, 1.165) is 54.3 Å². The number of fused-ring (bicyclic) bond motifs is 1. The zero-order valence-corrected chi connectivity index (χ0v) is 15.5. The number of nitrogens with zero attached hydrogens (tertiary/aromatic N) is 2. The van der Waals surface area contributed by atoms with Crippen LogP contribution in [-0.4, -0.2) is 22.9 Å². The fraction of sp³-hybridized carbons (Fsp3) is 0.318. The Hall–Kier alpha value is -2.82. The molecule has 5 heteroatoms. The minimum absolute atomic E-state index is 0.213. The summed E-state index contributed by atoms with van der Waals surface area (Å²) in [5.74, 6) is 1.66. The summed E-state index contributed by atoms with van der Waals surface area (Å²) in [6, 6.07) is 14.7. The number of rotatable bonds is 5. The van der Waals surface area contributed by atoms with Gasteiger partial charge in [0.05, 0.1) is 12.3 Å². The van der Waals surface area contributed by atoms with Crippen LogP contribution in [0.4, 0.5) is 10.2 Å². The third-order valence-electron chi connectivity index (χ3n) is 4.89. The van der Waals surface area contributed by atoms with Crippen molar-refractivity contribution in [3.05, 3.63) is 71.2 Å². The van der Waals surface area contributed by atoms with Gasteiger partial charge in [-0.25, -0.2) is 9.07 Å². The number of anilines is 1. The zero-order valence-electron chi connectivity index (χ0n) is 15.5. The number of halogens is 1. The summed E-state index contributed by atoms with van der Waals surface area (Å²) in [4.78, 5) is 0. The molecule has 27 heavy (non-hydrogen) atoms. The van der Waals surface area contributed by atoms with Crippen LogP contribution in [0.5, 0.6) is 5.75 Å². The topological polar surface area (TPSA) is 39.1 Å². The van der Waals surface area contributed by atoms with E-state index in [2.05, 4.69) is 5.32 Å². The lowest BCUT2D eigenvalue weighted by Crippen LogP contribution is -2.08. The minimum Gasteiger partial charge on any atom is -0.492 e. The number of ether oxygens (including phenoxy) is 1. The van der Waals surface area contributed by atoms with Crippen LogP contribution in [0.3, 0.4) is 0 Å². The first-order valence-corrected chi connectivity index (χ1v) is 9.57.